The lowest BCUT2D eigenvalue weighted by Crippen LogP contribution is -2.46. The summed E-state index contributed by atoms with van der Waals surface area (Å²) in [6.07, 6.45) is 1.90. The van der Waals surface area contributed by atoms with Crippen molar-refractivity contribution < 1.29 is 27.8 Å². The Morgan fingerprint density at radius 1 is 1.08 bits per heavy atom. The van der Waals surface area contributed by atoms with Gasteiger partial charge in [0.2, 0.25) is 0 Å². The maximum absolute atomic E-state index is 14.2. The molecule has 0 bridgehead atoms. The molecule has 0 spiro atoms. The molecule has 1 saturated heterocycles. The SMILES string of the molecule is CC[C@@H]1CN(C(=O)Nc2ccc(CN3CCN(CCO)CC3)c(C(F)(F)F)c2)Cc2cc(Oc3ccnc4[nH]c(C5CC5)cc34)cnc21. The molecule has 3 aromatic heterocycles. The Morgan fingerprint density at radius 2 is 1.88 bits per heavy atom. The number of aromatic nitrogens is 3. The molecule has 5 heterocycles. The van der Waals surface area contributed by atoms with Crippen molar-refractivity contribution in [3.63, 3.8) is 0 Å². The third-order valence-electron chi connectivity index (χ3n) is 9.64. The normalized spacial score (nSPS) is 19.0. The van der Waals surface area contributed by atoms with Gasteiger partial charge in [0.1, 0.15) is 17.1 Å². The third-order valence-corrected chi connectivity index (χ3v) is 9.64. The van der Waals surface area contributed by atoms with Gasteiger partial charge in [0, 0.05) is 75.9 Å². The number of hydrogen-bond acceptors (Lipinski definition) is 7. The van der Waals surface area contributed by atoms with E-state index in [2.05, 4.69) is 26.3 Å². The molecular formula is C35H40F3N7O3. The summed E-state index contributed by atoms with van der Waals surface area (Å²) in [5.74, 6) is 1.71. The number of piperazine rings is 1. The Balaban J connectivity index is 1.05. The van der Waals surface area contributed by atoms with Crippen LogP contribution in [0.15, 0.2) is 48.8 Å². The zero-order valence-corrected chi connectivity index (χ0v) is 26.9. The highest BCUT2D eigenvalue weighted by molar-refractivity contribution is 5.89. The summed E-state index contributed by atoms with van der Waals surface area (Å²) in [7, 11) is 0. The van der Waals surface area contributed by atoms with Crippen LogP contribution in [0.5, 0.6) is 11.5 Å². The Kier molecular flexibility index (Phi) is 9.01. The van der Waals surface area contributed by atoms with Crippen LogP contribution < -0.4 is 10.1 Å². The van der Waals surface area contributed by atoms with E-state index in [1.807, 2.05) is 24.0 Å². The van der Waals surface area contributed by atoms with Gasteiger partial charge in [0.15, 0.2) is 0 Å². The first-order valence-corrected chi connectivity index (χ1v) is 16.6. The summed E-state index contributed by atoms with van der Waals surface area (Å²) in [5.41, 5.74) is 3.18. The van der Waals surface area contributed by atoms with Gasteiger partial charge < -0.3 is 25.0 Å². The summed E-state index contributed by atoms with van der Waals surface area (Å²) in [6, 6.07) is 9.37. The maximum atomic E-state index is 14.2. The van der Waals surface area contributed by atoms with E-state index in [4.69, 9.17) is 14.8 Å². The molecule has 3 aliphatic rings. The summed E-state index contributed by atoms with van der Waals surface area (Å²) < 4.78 is 48.9. The van der Waals surface area contributed by atoms with Gasteiger partial charge in [-0.05, 0) is 66.6 Å². The average molecular weight is 664 g/mol. The van der Waals surface area contributed by atoms with E-state index in [1.54, 1.807) is 17.3 Å². The monoisotopic (exact) mass is 663 g/mol. The van der Waals surface area contributed by atoms with Crippen LogP contribution in [0.1, 0.15) is 66.1 Å². The minimum absolute atomic E-state index is 0.0297. The number of β-amino-alcohol motifs (C(OH)–C–C–N with tert-alkyl or cyclic N) is 1. The van der Waals surface area contributed by atoms with E-state index < -0.39 is 17.8 Å². The van der Waals surface area contributed by atoms with Gasteiger partial charge in [0.25, 0.3) is 0 Å². The van der Waals surface area contributed by atoms with Crippen LogP contribution >= 0.6 is 0 Å². The molecule has 254 valence electrons. The third kappa shape index (κ3) is 6.99. The van der Waals surface area contributed by atoms with Crippen LogP contribution in [0.25, 0.3) is 11.0 Å². The largest absolute Gasteiger partial charge is 0.455 e. The van der Waals surface area contributed by atoms with Crippen molar-refractivity contribution in [1.29, 1.82) is 0 Å². The number of carbonyl (C=O) groups excluding carboxylic acids is 1. The van der Waals surface area contributed by atoms with Gasteiger partial charge in [-0.3, -0.25) is 14.8 Å². The topological polar surface area (TPSA) is 110 Å². The molecule has 4 aromatic rings. The maximum Gasteiger partial charge on any atom is 0.416 e. The number of urea groups is 1. The number of alkyl halides is 3. The molecule has 1 atom stereocenters. The molecule has 2 fully saturated rings. The Hall–Kier alpha value is -4.20. The van der Waals surface area contributed by atoms with Crippen molar-refractivity contribution in [3.8, 4) is 11.5 Å². The number of aromatic amines is 1. The van der Waals surface area contributed by atoms with Crippen molar-refractivity contribution in [2.75, 3.05) is 51.2 Å². The zero-order chi connectivity index (χ0) is 33.4. The lowest BCUT2D eigenvalue weighted by molar-refractivity contribution is -0.138. The minimum Gasteiger partial charge on any atom is -0.455 e. The van der Waals surface area contributed by atoms with Gasteiger partial charge in [-0.1, -0.05) is 13.0 Å². The van der Waals surface area contributed by atoms with Crippen LogP contribution in [0.4, 0.5) is 23.7 Å². The Bertz CT molecular complexity index is 1780. The second-order valence-corrected chi connectivity index (χ2v) is 13.0. The number of benzene rings is 1. The van der Waals surface area contributed by atoms with Gasteiger partial charge in [-0.2, -0.15) is 13.2 Å². The van der Waals surface area contributed by atoms with E-state index >= 15 is 0 Å². The molecule has 48 heavy (non-hydrogen) atoms. The highest BCUT2D eigenvalue weighted by atomic mass is 19.4. The standard InChI is InChI=1S/C35H40F3N7O3/c1-2-22-20-45(21-25-15-27(18-40-32(22)25)48-31-7-8-39-33-28(31)17-30(42-33)23-3-4-23)34(47)41-26-6-5-24(29(16-26)35(36,37)38)19-44-11-9-43(10-12-44)13-14-46/h5-8,15-18,22-23,46H,2-4,9-14,19-21H2,1H3,(H,39,42)(H,41,47)/t22-/m1/s1. The number of hydrogen-bond donors (Lipinski definition) is 3. The number of nitrogens with zero attached hydrogens (tertiary/aromatic N) is 5. The first kappa shape index (κ1) is 32.4. The summed E-state index contributed by atoms with van der Waals surface area (Å²) >= 11 is 0. The van der Waals surface area contributed by atoms with Crippen molar-refractivity contribution in [3.05, 3.63) is 76.9 Å². The Labute approximate surface area is 276 Å². The smallest absolute Gasteiger partial charge is 0.416 e. The lowest BCUT2D eigenvalue weighted by Gasteiger charge is -2.35. The number of halogens is 3. The Morgan fingerprint density at radius 3 is 2.60 bits per heavy atom. The number of pyridine rings is 2. The highest BCUT2D eigenvalue weighted by Crippen LogP contribution is 2.42. The van der Waals surface area contributed by atoms with E-state index in [-0.39, 0.29) is 36.9 Å². The van der Waals surface area contributed by atoms with Crippen LogP contribution in [0, 0.1) is 0 Å². The lowest BCUT2D eigenvalue weighted by atomic mass is 9.92. The second kappa shape index (κ2) is 13.4. The predicted molar refractivity (Wildman–Crippen MR) is 175 cm³/mol. The number of rotatable bonds is 9. The van der Waals surface area contributed by atoms with Crippen molar-refractivity contribution in [2.45, 2.75) is 57.3 Å². The molecule has 13 heteroatoms. The molecule has 3 N–H and O–H groups in total. The molecule has 0 unspecified atom stereocenters. The summed E-state index contributed by atoms with van der Waals surface area (Å²) in [5, 5.41) is 12.8. The number of aliphatic hydroxyl groups excluding tert-OH is 1. The number of amides is 2. The number of fused-ring (bicyclic) bond motifs is 2. The van der Waals surface area contributed by atoms with Gasteiger partial charge in [-0.25, -0.2) is 9.78 Å². The quantitative estimate of drug-likeness (QED) is 0.193. The number of nitrogens with one attached hydrogen (secondary N) is 2. The highest BCUT2D eigenvalue weighted by Gasteiger charge is 2.35. The zero-order valence-electron chi connectivity index (χ0n) is 26.9. The van der Waals surface area contributed by atoms with Crippen molar-refractivity contribution >= 4 is 22.8 Å². The van der Waals surface area contributed by atoms with Crippen LogP contribution in [0.2, 0.25) is 0 Å². The number of anilines is 1. The number of aliphatic hydroxyl groups is 1. The summed E-state index contributed by atoms with van der Waals surface area (Å²) in [4.78, 5) is 31.8. The minimum atomic E-state index is -4.57. The van der Waals surface area contributed by atoms with Gasteiger partial charge in [-0.15, -0.1) is 0 Å². The fraction of sp³-hybridized carbons (Fsp3) is 0.457. The molecular weight excluding hydrogens is 623 g/mol. The molecule has 7 rings (SSSR count). The second-order valence-electron chi connectivity index (χ2n) is 13.0. The number of H-pyrrole nitrogens is 1. The molecule has 10 nitrogen and oxygen atoms in total. The average Bonchev–Trinajstić information content (AvgIpc) is 3.83. The predicted octanol–water partition coefficient (Wildman–Crippen LogP) is 6.30. The molecule has 1 saturated carbocycles. The van der Waals surface area contributed by atoms with Crippen LogP contribution in [-0.4, -0.2) is 86.7 Å². The molecule has 2 aliphatic heterocycles. The van der Waals surface area contributed by atoms with E-state index in [9.17, 15) is 18.0 Å². The molecule has 1 aliphatic carbocycles. The van der Waals surface area contributed by atoms with E-state index in [0.29, 0.717) is 56.7 Å². The first-order chi connectivity index (χ1) is 23.2. The number of carbonyl (C=O) groups is 1. The first-order valence-electron chi connectivity index (χ1n) is 16.6. The van der Waals surface area contributed by atoms with E-state index in [0.717, 1.165) is 40.5 Å². The fourth-order valence-corrected chi connectivity index (χ4v) is 6.81. The van der Waals surface area contributed by atoms with Crippen molar-refractivity contribution in [1.82, 2.24) is 29.7 Å². The fourth-order valence-electron chi connectivity index (χ4n) is 6.81. The molecule has 2 amide bonds. The molecule has 1 aromatic carbocycles. The van der Waals surface area contributed by atoms with E-state index in [1.165, 1.54) is 25.0 Å². The molecule has 0 radical (unpaired) electrons. The van der Waals surface area contributed by atoms with Gasteiger partial charge in [0.05, 0.1) is 29.4 Å². The van der Waals surface area contributed by atoms with Crippen molar-refractivity contribution in [2.24, 2.45) is 0 Å². The van der Waals surface area contributed by atoms with Crippen LogP contribution in [-0.2, 0) is 19.3 Å². The van der Waals surface area contributed by atoms with Gasteiger partial charge >= 0.3 is 12.2 Å². The van der Waals surface area contributed by atoms with Crippen LogP contribution in [0.3, 0.4) is 0 Å². The number of ether oxygens (including phenoxy) is 1. The summed E-state index contributed by atoms with van der Waals surface area (Å²) in [6.45, 7) is 6.07.